The third-order valence-electron chi connectivity index (χ3n) is 0. The van der Waals surface area contributed by atoms with Gasteiger partial charge in [0.25, 0.3) is 0 Å². The van der Waals surface area contributed by atoms with E-state index in [1.807, 2.05) is 0 Å². The van der Waals surface area contributed by atoms with Gasteiger partial charge in [0.2, 0.25) is 0 Å². The molecule has 0 aliphatic rings. The van der Waals surface area contributed by atoms with Crippen LogP contribution in [0.25, 0.3) is 0 Å². The molecule has 0 amide bonds. The van der Waals surface area contributed by atoms with Gasteiger partial charge in [0.15, 0.2) is 0 Å². The molecule has 37 valence electrons. The van der Waals surface area contributed by atoms with Crippen LogP contribution in [0, 0.1) is 6.92 Å². The molecule has 0 N–H and O–H groups in total. The first-order valence-electron chi connectivity index (χ1n) is 1.54. The second kappa shape index (κ2) is 3.33. The number of hydrogen-bond acceptors (Lipinski definition) is 0. The third-order valence-corrected chi connectivity index (χ3v) is 0. The Balaban J connectivity index is 0. The van der Waals surface area contributed by atoms with Gasteiger partial charge in [-0.15, -0.1) is 26.0 Å². The van der Waals surface area contributed by atoms with Gasteiger partial charge in [0.05, 0.1) is 0 Å². The van der Waals surface area contributed by atoms with E-state index in [9.17, 15) is 0 Å². The summed E-state index contributed by atoms with van der Waals surface area (Å²) in [6, 6.07) is 0. The van der Waals surface area contributed by atoms with Gasteiger partial charge in [-0.1, -0.05) is 13.8 Å². The van der Waals surface area contributed by atoms with E-state index in [1.165, 1.54) is 0 Å². The van der Waals surface area contributed by atoms with Gasteiger partial charge in [-0.05, 0) is 0 Å². The molecule has 6 heavy (non-hydrogen) atoms. The Morgan fingerprint density at radius 3 is 1.50 bits per heavy atom. The summed E-state index contributed by atoms with van der Waals surface area (Å²) in [6.07, 6.45) is 0. The van der Waals surface area contributed by atoms with E-state index >= 15 is 0 Å². The minimum Gasteiger partial charge on any atom is -0.328 e. The number of alkyl halides is 1. The molecule has 0 aliphatic carbocycles. The minimum atomic E-state index is 0. The predicted octanol–water partition coefficient (Wildman–Crippen LogP) is 2.03. The zero-order valence-corrected chi connectivity index (χ0v) is 7.59. The first kappa shape index (κ1) is 10.3. The monoisotopic (exact) mass is 234 g/mol. The van der Waals surface area contributed by atoms with Crippen LogP contribution in [-0.4, -0.2) is 3.42 Å². The molecule has 0 saturated heterocycles. The van der Waals surface area contributed by atoms with Crippen molar-refractivity contribution in [1.29, 1.82) is 0 Å². The largest absolute Gasteiger partial charge is 0.328 e. The second-order valence-electron chi connectivity index (χ2n) is 1.72. The van der Waals surface area contributed by atoms with Crippen LogP contribution in [0.2, 0.25) is 0 Å². The molecule has 0 rings (SSSR count). The Bertz CT molecular complexity index is 23.0. The number of halogens is 1. The third kappa shape index (κ3) is 57.3. The Hall–Kier alpha value is 1.31. The van der Waals surface area contributed by atoms with Crippen LogP contribution in [0.4, 0.5) is 0 Å². The quantitative estimate of drug-likeness (QED) is 0.341. The van der Waals surface area contributed by atoms with Gasteiger partial charge in [-0.25, -0.2) is 0 Å². The van der Waals surface area contributed by atoms with Crippen LogP contribution in [0.15, 0.2) is 0 Å². The van der Waals surface area contributed by atoms with Crippen LogP contribution in [0.3, 0.4) is 0 Å². The normalized spacial score (nSPS) is 10.0. The molecule has 0 aromatic rings. The van der Waals surface area contributed by atoms with Crippen molar-refractivity contribution in [3.63, 3.8) is 0 Å². The van der Waals surface area contributed by atoms with E-state index < -0.39 is 0 Å². The molecule has 0 bridgehead atoms. The molecule has 0 nitrogen and oxygen atoms in total. The van der Waals surface area contributed by atoms with Gasteiger partial charge in [-0.2, -0.15) is 0 Å². The fraction of sp³-hybridized carbons (Fsp3) is 0.750. The van der Waals surface area contributed by atoms with Crippen LogP contribution in [0.1, 0.15) is 13.8 Å². The van der Waals surface area contributed by atoms with Crippen molar-refractivity contribution in [2.45, 2.75) is 17.3 Å². The average Bonchev–Trinajstić information content (AvgIpc) is 0.722. The topological polar surface area (TPSA) is 0 Å². The molecule has 0 saturated carbocycles. The molecular weight excluding hydrogens is 226 g/mol. The summed E-state index contributed by atoms with van der Waals surface area (Å²) >= 11 is 2.27. The maximum atomic E-state index is 3.76. The molecule has 0 heterocycles. The van der Waals surface area contributed by atoms with Gasteiger partial charge in [0.1, 0.15) is 0 Å². The van der Waals surface area contributed by atoms with Crippen molar-refractivity contribution in [2.24, 2.45) is 0 Å². The zero-order chi connectivity index (χ0) is 4.50. The van der Waals surface area contributed by atoms with Crippen molar-refractivity contribution in [2.75, 3.05) is 0 Å². The van der Waals surface area contributed by atoms with Gasteiger partial charge in [-0.3, -0.25) is 0 Å². The second-order valence-corrected chi connectivity index (χ2v) is 4.64. The average molecular weight is 234 g/mol. The fourth-order valence-corrected chi connectivity index (χ4v) is 0. The molecule has 0 aromatic carbocycles. The molecule has 0 unspecified atom stereocenters. The molecule has 0 fully saturated rings. The predicted molar refractivity (Wildman–Crippen MR) is 33.5 cm³/mol. The summed E-state index contributed by atoms with van der Waals surface area (Å²) in [5.41, 5.74) is 0. The summed E-state index contributed by atoms with van der Waals surface area (Å²) in [7, 11) is 0. The van der Waals surface area contributed by atoms with E-state index in [2.05, 4.69) is 43.4 Å². The molecule has 2 heteroatoms. The van der Waals surface area contributed by atoms with E-state index in [0.717, 1.165) is 0 Å². The van der Waals surface area contributed by atoms with Crippen LogP contribution in [-0.2, 0) is 18.6 Å². The standard InChI is InChI=1S/C4H8I.V/c1-4(2,3)5;/h1H2,2-3H3;/q-1;. The number of hydrogen-bond donors (Lipinski definition) is 0. The Morgan fingerprint density at radius 2 is 1.50 bits per heavy atom. The molecule has 0 aliphatic heterocycles. The van der Waals surface area contributed by atoms with Crippen molar-refractivity contribution in [3.05, 3.63) is 6.92 Å². The first-order valence-corrected chi connectivity index (χ1v) is 2.62. The maximum absolute atomic E-state index is 3.76. The van der Waals surface area contributed by atoms with Gasteiger partial charge < -0.3 is 6.92 Å². The van der Waals surface area contributed by atoms with E-state index in [4.69, 9.17) is 0 Å². The van der Waals surface area contributed by atoms with Crippen LogP contribution >= 0.6 is 22.6 Å². The molecule has 1 radical (unpaired) electrons. The summed E-state index contributed by atoms with van der Waals surface area (Å²) < 4.78 is 0.220. The van der Waals surface area contributed by atoms with Crippen LogP contribution in [0.5, 0.6) is 0 Å². The van der Waals surface area contributed by atoms with E-state index in [-0.39, 0.29) is 22.0 Å². The number of rotatable bonds is 0. The Labute approximate surface area is 65.1 Å². The van der Waals surface area contributed by atoms with Crippen molar-refractivity contribution >= 4 is 22.6 Å². The van der Waals surface area contributed by atoms with Crippen molar-refractivity contribution in [3.8, 4) is 0 Å². The molecule has 0 atom stereocenters. The van der Waals surface area contributed by atoms with Crippen LogP contribution < -0.4 is 0 Å². The summed E-state index contributed by atoms with van der Waals surface area (Å²) in [5.74, 6) is 0. The minimum absolute atomic E-state index is 0. The fourth-order valence-electron chi connectivity index (χ4n) is 0. The van der Waals surface area contributed by atoms with Crippen molar-refractivity contribution < 1.29 is 18.6 Å². The van der Waals surface area contributed by atoms with Gasteiger partial charge in [0, 0.05) is 18.6 Å². The smallest absolute Gasteiger partial charge is 0 e. The maximum Gasteiger partial charge on any atom is 0 e. The summed E-state index contributed by atoms with van der Waals surface area (Å²) in [4.78, 5) is 0. The Kier molecular flexibility index (Phi) is 5.74. The molecule has 0 spiro atoms. The molecular formula is C4H8IV-. The van der Waals surface area contributed by atoms with E-state index in [0.29, 0.717) is 0 Å². The first-order chi connectivity index (χ1) is 2.00. The van der Waals surface area contributed by atoms with E-state index in [1.54, 1.807) is 0 Å². The molecule has 0 aromatic heterocycles. The Morgan fingerprint density at radius 1 is 1.50 bits per heavy atom. The zero-order valence-electron chi connectivity index (χ0n) is 4.03. The summed E-state index contributed by atoms with van der Waals surface area (Å²) in [5, 5.41) is 0. The van der Waals surface area contributed by atoms with Crippen molar-refractivity contribution in [1.82, 2.24) is 0 Å². The SMILES string of the molecule is [CH2-]C(C)(C)I.[V]. The summed E-state index contributed by atoms with van der Waals surface area (Å²) in [6.45, 7) is 7.88. The van der Waals surface area contributed by atoms with Gasteiger partial charge >= 0.3 is 0 Å².